The van der Waals surface area contributed by atoms with Gasteiger partial charge in [-0.3, -0.25) is 9.97 Å². The van der Waals surface area contributed by atoms with E-state index in [1.165, 1.54) is 0 Å². The van der Waals surface area contributed by atoms with Crippen molar-refractivity contribution in [3.8, 4) is 11.3 Å². The molecule has 82 valence electrons. The van der Waals surface area contributed by atoms with E-state index in [9.17, 15) is 0 Å². The Hall–Kier alpha value is -1.26. The molecule has 1 aromatic heterocycles. The minimum atomic E-state index is 0.425. The zero-order chi connectivity index (χ0) is 11.5. The minimum Gasteiger partial charge on any atom is -0.325 e. The van der Waals surface area contributed by atoms with E-state index >= 15 is 0 Å². The molecule has 0 unspecified atom stereocenters. The molecular weight excluding hydrogens is 266 g/mol. The number of halogens is 1. The van der Waals surface area contributed by atoms with Crippen LogP contribution in [0.5, 0.6) is 0 Å². The van der Waals surface area contributed by atoms with Gasteiger partial charge in [0.1, 0.15) is 0 Å². The van der Waals surface area contributed by atoms with Crippen molar-refractivity contribution < 1.29 is 0 Å². The molecule has 0 fully saturated rings. The molecule has 3 nitrogen and oxygen atoms in total. The number of aryl methyl sites for hydroxylation is 1. The van der Waals surface area contributed by atoms with Crippen LogP contribution < -0.4 is 5.73 Å². The van der Waals surface area contributed by atoms with Crippen molar-refractivity contribution in [3.05, 3.63) is 46.3 Å². The van der Waals surface area contributed by atoms with E-state index in [2.05, 4.69) is 25.9 Å². The van der Waals surface area contributed by atoms with Gasteiger partial charge in [0.15, 0.2) is 0 Å². The van der Waals surface area contributed by atoms with Gasteiger partial charge in [-0.05, 0) is 19.1 Å². The highest BCUT2D eigenvalue weighted by Crippen LogP contribution is 2.21. The maximum absolute atomic E-state index is 5.52. The molecule has 0 aliphatic heterocycles. The summed E-state index contributed by atoms with van der Waals surface area (Å²) in [6, 6.07) is 8.02. The molecule has 0 radical (unpaired) electrons. The highest BCUT2D eigenvalue weighted by atomic mass is 79.9. The first-order valence-electron chi connectivity index (χ1n) is 4.99. The summed E-state index contributed by atoms with van der Waals surface area (Å²) in [5, 5.41) is 0. The van der Waals surface area contributed by atoms with E-state index in [-0.39, 0.29) is 0 Å². The van der Waals surface area contributed by atoms with Gasteiger partial charge in [0.2, 0.25) is 0 Å². The Morgan fingerprint density at radius 2 is 1.94 bits per heavy atom. The second-order valence-electron chi connectivity index (χ2n) is 3.51. The molecule has 4 heteroatoms. The molecule has 0 spiro atoms. The molecular formula is C12H12BrN3. The van der Waals surface area contributed by atoms with E-state index in [0.29, 0.717) is 6.54 Å². The normalized spacial score (nSPS) is 10.4. The second kappa shape index (κ2) is 4.72. The average molecular weight is 278 g/mol. The van der Waals surface area contributed by atoms with Crippen molar-refractivity contribution in [2.75, 3.05) is 0 Å². The molecule has 0 bridgehead atoms. The molecule has 0 aliphatic rings. The number of rotatable bonds is 2. The van der Waals surface area contributed by atoms with Crippen LogP contribution in [0.25, 0.3) is 11.3 Å². The first kappa shape index (κ1) is 11.2. The maximum atomic E-state index is 5.52. The summed E-state index contributed by atoms with van der Waals surface area (Å²) < 4.78 is 1.06. The van der Waals surface area contributed by atoms with Crippen molar-refractivity contribution in [1.29, 1.82) is 0 Å². The van der Waals surface area contributed by atoms with Gasteiger partial charge in [-0.15, -0.1) is 0 Å². The first-order chi connectivity index (χ1) is 7.70. The molecule has 0 aliphatic carbocycles. The fourth-order valence-corrected chi connectivity index (χ4v) is 1.78. The Labute approximate surface area is 103 Å². The molecule has 16 heavy (non-hydrogen) atoms. The number of hydrogen-bond donors (Lipinski definition) is 1. The Bertz CT molecular complexity index is 494. The molecule has 2 N–H and O–H groups in total. The number of hydrogen-bond acceptors (Lipinski definition) is 3. The van der Waals surface area contributed by atoms with Crippen molar-refractivity contribution in [3.63, 3.8) is 0 Å². The third-order valence-electron chi connectivity index (χ3n) is 2.32. The molecule has 0 saturated carbocycles. The van der Waals surface area contributed by atoms with Crippen LogP contribution >= 0.6 is 15.9 Å². The van der Waals surface area contributed by atoms with Crippen LogP contribution in [0.4, 0.5) is 0 Å². The fourth-order valence-electron chi connectivity index (χ4n) is 1.52. The molecule has 0 amide bonds. The lowest BCUT2D eigenvalue weighted by atomic mass is 10.1. The van der Waals surface area contributed by atoms with Gasteiger partial charge in [-0.25, -0.2) is 0 Å². The summed E-state index contributed by atoms with van der Waals surface area (Å²) in [5.41, 5.74) is 9.22. The van der Waals surface area contributed by atoms with Gasteiger partial charge in [0.25, 0.3) is 0 Å². The first-order valence-corrected chi connectivity index (χ1v) is 5.78. The fraction of sp³-hybridized carbons (Fsp3) is 0.167. The molecule has 2 aromatic rings. The van der Waals surface area contributed by atoms with Crippen molar-refractivity contribution in [1.82, 2.24) is 9.97 Å². The van der Waals surface area contributed by atoms with Gasteiger partial charge >= 0.3 is 0 Å². The number of nitrogens with zero attached hydrogens (tertiary/aromatic N) is 2. The summed E-state index contributed by atoms with van der Waals surface area (Å²) in [6.45, 7) is 2.37. The van der Waals surface area contributed by atoms with Crippen LogP contribution in [-0.2, 0) is 6.54 Å². The smallest absolute Gasteiger partial charge is 0.0914 e. The van der Waals surface area contributed by atoms with E-state index < -0.39 is 0 Å². The summed E-state index contributed by atoms with van der Waals surface area (Å²) in [6.07, 6.45) is 1.73. The molecule has 2 rings (SSSR count). The third kappa shape index (κ3) is 2.28. The Morgan fingerprint density at radius 3 is 2.50 bits per heavy atom. The number of nitrogens with two attached hydrogens (primary N) is 1. The van der Waals surface area contributed by atoms with Crippen molar-refractivity contribution in [2.24, 2.45) is 5.73 Å². The molecule has 1 heterocycles. The largest absolute Gasteiger partial charge is 0.325 e. The monoisotopic (exact) mass is 277 g/mol. The minimum absolute atomic E-state index is 0.425. The van der Waals surface area contributed by atoms with Gasteiger partial charge in [0, 0.05) is 16.6 Å². The molecule has 0 atom stereocenters. The average Bonchev–Trinajstić information content (AvgIpc) is 2.30. The zero-order valence-corrected chi connectivity index (χ0v) is 10.5. The lowest BCUT2D eigenvalue weighted by molar-refractivity contribution is 0.942. The van der Waals surface area contributed by atoms with Crippen LogP contribution in [0.3, 0.4) is 0 Å². The van der Waals surface area contributed by atoms with Crippen LogP contribution in [0, 0.1) is 6.92 Å². The number of benzene rings is 1. The zero-order valence-electron chi connectivity index (χ0n) is 8.94. The lowest BCUT2D eigenvalue weighted by Gasteiger charge is -2.05. The van der Waals surface area contributed by atoms with Gasteiger partial charge in [-0.2, -0.15) is 0 Å². The standard InChI is InChI=1S/C12H12BrN3/c1-8-12(15-7-11(6-14)16-8)9-2-4-10(13)5-3-9/h2-5,7H,6,14H2,1H3. The summed E-state index contributed by atoms with van der Waals surface area (Å²) >= 11 is 3.41. The lowest BCUT2D eigenvalue weighted by Crippen LogP contribution is -2.03. The summed E-state index contributed by atoms with van der Waals surface area (Å²) in [7, 11) is 0. The molecule has 1 aromatic carbocycles. The quantitative estimate of drug-likeness (QED) is 0.918. The van der Waals surface area contributed by atoms with Crippen molar-refractivity contribution in [2.45, 2.75) is 13.5 Å². The van der Waals surface area contributed by atoms with Crippen LogP contribution in [-0.4, -0.2) is 9.97 Å². The number of aromatic nitrogens is 2. The topological polar surface area (TPSA) is 51.8 Å². The Kier molecular flexibility index (Phi) is 3.31. The maximum Gasteiger partial charge on any atom is 0.0914 e. The van der Waals surface area contributed by atoms with Crippen LogP contribution in [0.1, 0.15) is 11.4 Å². The second-order valence-corrected chi connectivity index (χ2v) is 4.42. The van der Waals surface area contributed by atoms with E-state index in [4.69, 9.17) is 5.73 Å². The van der Waals surface area contributed by atoms with Crippen LogP contribution in [0.15, 0.2) is 34.9 Å². The van der Waals surface area contributed by atoms with E-state index in [1.807, 2.05) is 31.2 Å². The van der Waals surface area contributed by atoms with Crippen molar-refractivity contribution >= 4 is 15.9 Å². The van der Waals surface area contributed by atoms with E-state index in [1.54, 1.807) is 6.20 Å². The summed E-state index contributed by atoms with van der Waals surface area (Å²) in [4.78, 5) is 8.78. The van der Waals surface area contributed by atoms with Gasteiger partial charge in [0.05, 0.1) is 23.3 Å². The Balaban J connectivity index is 2.44. The predicted molar refractivity (Wildman–Crippen MR) is 67.8 cm³/mol. The highest BCUT2D eigenvalue weighted by Gasteiger charge is 2.05. The molecule has 0 saturated heterocycles. The predicted octanol–water partition coefficient (Wildman–Crippen LogP) is 2.67. The third-order valence-corrected chi connectivity index (χ3v) is 2.85. The summed E-state index contributed by atoms with van der Waals surface area (Å²) in [5.74, 6) is 0. The highest BCUT2D eigenvalue weighted by molar-refractivity contribution is 9.10. The SMILES string of the molecule is Cc1nc(CN)cnc1-c1ccc(Br)cc1. The van der Waals surface area contributed by atoms with Gasteiger partial charge in [-0.1, -0.05) is 28.1 Å². The van der Waals surface area contributed by atoms with Crippen LogP contribution in [0.2, 0.25) is 0 Å². The van der Waals surface area contributed by atoms with Gasteiger partial charge < -0.3 is 5.73 Å². The van der Waals surface area contributed by atoms with E-state index in [0.717, 1.165) is 27.1 Å². The Morgan fingerprint density at radius 1 is 1.25 bits per heavy atom.